The zero-order valence-corrected chi connectivity index (χ0v) is 14.0. The number of likely N-dealkylation sites (tertiary alicyclic amines) is 1. The summed E-state index contributed by atoms with van der Waals surface area (Å²) in [7, 11) is 0. The minimum atomic E-state index is -0.357. The van der Waals surface area contributed by atoms with Gasteiger partial charge in [-0.2, -0.15) is 0 Å². The number of benzene rings is 1. The summed E-state index contributed by atoms with van der Waals surface area (Å²) in [6, 6.07) is 7.77. The summed E-state index contributed by atoms with van der Waals surface area (Å²) < 4.78 is 18.7. The maximum absolute atomic E-state index is 13.5. The fraction of sp³-hybridized carbons (Fsp3) is 0.368. The van der Waals surface area contributed by atoms with E-state index in [1.807, 2.05) is 0 Å². The summed E-state index contributed by atoms with van der Waals surface area (Å²) in [4.78, 5) is 28.6. The van der Waals surface area contributed by atoms with Crippen molar-refractivity contribution in [3.8, 4) is 0 Å². The molecular weight excluding hydrogens is 323 g/mol. The van der Waals surface area contributed by atoms with Crippen LogP contribution in [-0.2, 0) is 4.79 Å². The number of nitrogens with zero attached hydrogens (tertiary/aromatic N) is 2. The highest BCUT2D eigenvalue weighted by Crippen LogP contribution is 2.42. The Morgan fingerprint density at radius 3 is 2.84 bits per heavy atom. The van der Waals surface area contributed by atoms with E-state index in [1.54, 1.807) is 34.9 Å². The lowest BCUT2D eigenvalue weighted by Crippen LogP contribution is -2.34. The Morgan fingerprint density at radius 2 is 2.12 bits per heavy atom. The van der Waals surface area contributed by atoms with Crippen molar-refractivity contribution in [1.29, 1.82) is 0 Å². The van der Waals surface area contributed by atoms with Gasteiger partial charge in [0.05, 0.1) is 11.8 Å². The van der Waals surface area contributed by atoms with Crippen LogP contribution >= 0.6 is 0 Å². The smallest absolute Gasteiger partial charge is 0.257 e. The largest absolute Gasteiger partial charge is 0.469 e. The van der Waals surface area contributed by atoms with Crippen LogP contribution < -0.4 is 4.90 Å². The van der Waals surface area contributed by atoms with Crippen LogP contribution in [-0.4, -0.2) is 36.3 Å². The lowest BCUT2D eigenvalue weighted by Gasteiger charge is -2.24. The third kappa shape index (κ3) is 2.71. The van der Waals surface area contributed by atoms with Crippen LogP contribution in [0.1, 0.15) is 29.0 Å². The Kier molecular flexibility index (Phi) is 3.63. The molecule has 25 heavy (non-hydrogen) atoms. The van der Waals surface area contributed by atoms with E-state index in [9.17, 15) is 14.0 Å². The molecule has 1 atom stereocenters. The van der Waals surface area contributed by atoms with Gasteiger partial charge >= 0.3 is 0 Å². The van der Waals surface area contributed by atoms with Gasteiger partial charge in [-0.1, -0.05) is 6.07 Å². The molecular formula is C19H19FN2O3. The van der Waals surface area contributed by atoms with Gasteiger partial charge < -0.3 is 14.2 Å². The average Bonchev–Trinajstić information content (AvgIpc) is 3.27. The Morgan fingerprint density at radius 1 is 1.28 bits per heavy atom. The summed E-state index contributed by atoms with van der Waals surface area (Å²) in [5.74, 6) is 0.180. The van der Waals surface area contributed by atoms with Gasteiger partial charge in [-0.15, -0.1) is 0 Å². The molecule has 0 unspecified atom stereocenters. The van der Waals surface area contributed by atoms with Crippen LogP contribution in [0.4, 0.5) is 10.1 Å². The van der Waals surface area contributed by atoms with Crippen molar-refractivity contribution in [3.05, 3.63) is 53.7 Å². The van der Waals surface area contributed by atoms with Gasteiger partial charge in [-0.05, 0) is 37.6 Å². The molecule has 0 bridgehead atoms. The monoisotopic (exact) mass is 342 g/mol. The molecule has 0 radical (unpaired) electrons. The third-order valence-electron chi connectivity index (χ3n) is 5.26. The highest BCUT2D eigenvalue weighted by molar-refractivity contribution is 5.98. The molecule has 2 fully saturated rings. The molecule has 2 aromatic rings. The Bertz CT molecular complexity index is 847. The highest BCUT2D eigenvalue weighted by Gasteiger charge is 2.49. The zero-order valence-electron chi connectivity index (χ0n) is 14.0. The van der Waals surface area contributed by atoms with Gasteiger partial charge in [0, 0.05) is 37.2 Å². The molecule has 2 saturated heterocycles. The minimum Gasteiger partial charge on any atom is -0.469 e. The van der Waals surface area contributed by atoms with E-state index >= 15 is 0 Å². The molecule has 2 aliphatic rings. The van der Waals surface area contributed by atoms with Crippen LogP contribution in [0.2, 0.25) is 0 Å². The van der Waals surface area contributed by atoms with E-state index in [2.05, 4.69) is 0 Å². The number of amides is 2. The minimum absolute atomic E-state index is 0.0145. The molecule has 2 amide bonds. The molecule has 0 saturated carbocycles. The Hall–Kier alpha value is -2.63. The quantitative estimate of drug-likeness (QED) is 0.843. The first-order valence-electron chi connectivity index (χ1n) is 8.37. The maximum Gasteiger partial charge on any atom is 0.257 e. The molecule has 0 aliphatic carbocycles. The van der Waals surface area contributed by atoms with Crippen LogP contribution in [0.3, 0.4) is 0 Å². The number of halogens is 1. The Labute approximate surface area is 145 Å². The number of rotatable bonds is 2. The van der Waals surface area contributed by atoms with Crippen molar-refractivity contribution >= 4 is 17.5 Å². The predicted molar refractivity (Wildman–Crippen MR) is 89.8 cm³/mol. The summed E-state index contributed by atoms with van der Waals surface area (Å²) in [5, 5.41) is 0. The second-order valence-corrected chi connectivity index (χ2v) is 7.00. The molecule has 3 heterocycles. The average molecular weight is 342 g/mol. The first kappa shape index (κ1) is 15.9. The SMILES string of the molecule is Cc1occc1C(=O)N1CC[C@]2(CC(=O)N(c3cccc(F)c3)C2)C1. The molecule has 130 valence electrons. The lowest BCUT2D eigenvalue weighted by atomic mass is 9.86. The van der Waals surface area contributed by atoms with Crippen LogP contribution in [0, 0.1) is 18.2 Å². The second kappa shape index (κ2) is 5.72. The van der Waals surface area contributed by atoms with Crippen LogP contribution in [0.15, 0.2) is 41.0 Å². The number of hydrogen-bond donors (Lipinski definition) is 0. The molecule has 1 aromatic heterocycles. The number of anilines is 1. The normalized spacial score (nSPS) is 23.0. The van der Waals surface area contributed by atoms with Gasteiger partial charge in [0.15, 0.2) is 0 Å². The second-order valence-electron chi connectivity index (χ2n) is 7.00. The van der Waals surface area contributed by atoms with Gasteiger partial charge in [0.2, 0.25) is 5.91 Å². The molecule has 2 aliphatic heterocycles. The first-order chi connectivity index (χ1) is 12.0. The van der Waals surface area contributed by atoms with Gasteiger partial charge in [0.25, 0.3) is 5.91 Å². The molecule has 4 rings (SSSR count). The summed E-state index contributed by atoms with van der Waals surface area (Å²) >= 11 is 0. The van der Waals surface area contributed by atoms with Gasteiger partial charge in [-0.3, -0.25) is 9.59 Å². The molecule has 6 heteroatoms. The van der Waals surface area contributed by atoms with Crippen molar-refractivity contribution < 1.29 is 18.4 Å². The number of carbonyl (C=O) groups excluding carboxylic acids is 2. The number of hydrogen-bond acceptors (Lipinski definition) is 3. The number of carbonyl (C=O) groups is 2. The molecule has 1 aromatic carbocycles. The maximum atomic E-state index is 13.5. The van der Waals surface area contributed by atoms with E-state index < -0.39 is 0 Å². The first-order valence-corrected chi connectivity index (χ1v) is 8.37. The van der Waals surface area contributed by atoms with E-state index in [-0.39, 0.29) is 23.0 Å². The van der Waals surface area contributed by atoms with Gasteiger partial charge in [0.1, 0.15) is 11.6 Å². The summed E-state index contributed by atoms with van der Waals surface area (Å²) in [6.07, 6.45) is 2.67. The van der Waals surface area contributed by atoms with E-state index in [0.29, 0.717) is 43.1 Å². The van der Waals surface area contributed by atoms with Gasteiger partial charge in [-0.25, -0.2) is 4.39 Å². The van der Waals surface area contributed by atoms with Crippen molar-refractivity contribution in [1.82, 2.24) is 4.90 Å². The zero-order chi connectivity index (χ0) is 17.6. The molecule has 0 N–H and O–H groups in total. The summed E-state index contributed by atoms with van der Waals surface area (Å²) in [6.45, 7) is 3.44. The fourth-order valence-corrected chi connectivity index (χ4v) is 3.93. The van der Waals surface area contributed by atoms with Crippen molar-refractivity contribution in [3.63, 3.8) is 0 Å². The van der Waals surface area contributed by atoms with Crippen LogP contribution in [0.25, 0.3) is 0 Å². The van der Waals surface area contributed by atoms with Crippen molar-refractivity contribution in [2.45, 2.75) is 19.8 Å². The van der Waals surface area contributed by atoms with Crippen LogP contribution in [0.5, 0.6) is 0 Å². The van der Waals surface area contributed by atoms with E-state index in [4.69, 9.17) is 4.42 Å². The predicted octanol–water partition coefficient (Wildman–Crippen LogP) is 3.00. The molecule has 5 nitrogen and oxygen atoms in total. The topological polar surface area (TPSA) is 53.8 Å². The highest BCUT2D eigenvalue weighted by atomic mass is 19.1. The van der Waals surface area contributed by atoms with E-state index in [0.717, 1.165) is 6.42 Å². The fourth-order valence-electron chi connectivity index (χ4n) is 3.93. The molecule has 1 spiro atoms. The Balaban J connectivity index is 1.52. The lowest BCUT2D eigenvalue weighted by molar-refractivity contribution is -0.117. The number of aryl methyl sites for hydroxylation is 1. The summed E-state index contributed by atoms with van der Waals surface area (Å²) in [5.41, 5.74) is 0.900. The standard InChI is InChI=1S/C19H19FN2O3/c1-13-16(5-8-25-13)18(24)21-7-6-19(11-21)10-17(23)22(12-19)15-4-2-3-14(20)9-15/h2-5,8-9H,6-7,10-12H2,1H3/t19-/m0/s1. The third-order valence-corrected chi connectivity index (χ3v) is 5.26. The van der Waals surface area contributed by atoms with Crippen molar-refractivity contribution in [2.75, 3.05) is 24.5 Å². The van der Waals surface area contributed by atoms with E-state index in [1.165, 1.54) is 18.4 Å². The number of furan rings is 1. The van der Waals surface area contributed by atoms with Crippen molar-refractivity contribution in [2.24, 2.45) is 5.41 Å².